The third kappa shape index (κ3) is 1.28. The summed E-state index contributed by atoms with van der Waals surface area (Å²) < 4.78 is 26.3. The van der Waals surface area contributed by atoms with Gasteiger partial charge in [-0.05, 0) is 18.2 Å². The van der Waals surface area contributed by atoms with Gasteiger partial charge >= 0.3 is 5.97 Å². The van der Waals surface area contributed by atoms with Crippen molar-refractivity contribution in [2.75, 3.05) is 0 Å². The smallest absolute Gasteiger partial charge is 0.320 e. The van der Waals surface area contributed by atoms with E-state index in [9.17, 15) is 18.7 Å². The van der Waals surface area contributed by atoms with E-state index in [4.69, 9.17) is 16.7 Å². The summed E-state index contributed by atoms with van der Waals surface area (Å²) in [6.07, 6.45) is -0.816. The molecule has 0 aromatic heterocycles. The molecule has 16 heavy (non-hydrogen) atoms. The number of carbonyl (C=O) groups is 1. The van der Waals surface area contributed by atoms with Crippen LogP contribution in [0.25, 0.3) is 0 Å². The van der Waals surface area contributed by atoms with E-state index in [2.05, 4.69) is 0 Å². The zero-order valence-corrected chi connectivity index (χ0v) is 8.63. The van der Waals surface area contributed by atoms with Crippen molar-refractivity contribution in [3.63, 3.8) is 0 Å². The highest BCUT2D eigenvalue weighted by molar-refractivity contribution is 6.30. The van der Waals surface area contributed by atoms with Gasteiger partial charge in [-0.25, -0.2) is 8.78 Å². The van der Waals surface area contributed by atoms with Crippen LogP contribution in [0.15, 0.2) is 18.2 Å². The standard InChI is InChI=1S/C10H7ClF2O3/c11-5-1-2-7(14)6(3-5)9(8(15)16)4-10(9,12)13/h1-3,14H,4H2,(H,15,16). The van der Waals surface area contributed by atoms with Crippen molar-refractivity contribution in [1.82, 2.24) is 0 Å². The molecule has 3 nitrogen and oxygen atoms in total. The number of halogens is 3. The fraction of sp³-hybridized carbons (Fsp3) is 0.300. The first kappa shape index (κ1) is 11.1. The maximum Gasteiger partial charge on any atom is 0.320 e. The van der Waals surface area contributed by atoms with Crippen LogP contribution in [0.2, 0.25) is 5.02 Å². The van der Waals surface area contributed by atoms with Crippen LogP contribution in [0.1, 0.15) is 12.0 Å². The molecular formula is C10H7ClF2O3. The molecule has 1 aliphatic rings. The van der Waals surface area contributed by atoms with Crippen molar-refractivity contribution in [1.29, 1.82) is 0 Å². The summed E-state index contributed by atoms with van der Waals surface area (Å²) in [6.45, 7) is 0. The van der Waals surface area contributed by atoms with E-state index in [-0.39, 0.29) is 10.6 Å². The Kier molecular flexibility index (Phi) is 2.14. The van der Waals surface area contributed by atoms with Crippen LogP contribution in [0.5, 0.6) is 5.75 Å². The van der Waals surface area contributed by atoms with Crippen molar-refractivity contribution in [3.05, 3.63) is 28.8 Å². The molecule has 86 valence electrons. The van der Waals surface area contributed by atoms with Crippen LogP contribution in [-0.4, -0.2) is 22.1 Å². The summed E-state index contributed by atoms with van der Waals surface area (Å²) >= 11 is 5.60. The normalized spacial score (nSPS) is 26.4. The highest BCUT2D eigenvalue weighted by Crippen LogP contribution is 2.63. The van der Waals surface area contributed by atoms with Crippen molar-refractivity contribution >= 4 is 17.6 Å². The Labute approximate surface area is 94.3 Å². The molecule has 1 fully saturated rings. The molecule has 0 spiro atoms. The van der Waals surface area contributed by atoms with Crippen LogP contribution in [-0.2, 0) is 10.2 Å². The molecule has 0 aliphatic heterocycles. The van der Waals surface area contributed by atoms with Gasteiger partial charge in [-0.1, -0.05) is 11.6 Å². The predicted molar refractivity (Wildman–Crippen MR) is 52.0 cm³/mol. The molecule has 1 aromatic rings. The summed E-state index contributed by atoms with van der Waals surface area (Å²) in [5, 5.41) is 18.4. The molecule has 6 heteroatoms. The second kappa shape index (κ2) is 3.07. The Bertz CT molecular complexity index is 475. The van der Waals surface area contributed by atoms with Gasteiger partial charge in [0.05, 0.1) is 0 Å². The molecular weight excluding hydrogens is 242 g/mol. The molecule has 1 aliphatic carbocycles. The molecule has 0 amide bonds. The summed E-state index contributed by atoms with van der Waals surface area (Å²) in [5.41, 5.74) is -2.67. The zero-order valence-electron chi connectivity index (χ0n) is 7.88. The Hall–Kier alpha value is -1.36. The number of phenols is 1. The second-order valence-corrected chi connectivity index (χ2v) is 4.19. The van der Waals surface area contributed by atoms with E-state index < -0.39 is 29.5 Å². The minimum absolute atomic E-state index is 0.108. The highest BCUT2D eigenvalue weighted by Gasteiger charge is 2.78. The van der Waals surface area contributed by atoms with Gasteiger partial charge < -0.3 is 10.2 Å². The number of phenolic OH excluding ortho intramolecular Hbond substituents is 1. The summed E-state index contributed by atoms with van der Waals surface area (Å²) in [7, 11) is 0. The Morgan fingerprint density at radius 2 is 2.00 bits per heavy atom. The minimum atomic E-state index is -3.35. The molecule has 0 saturated heterocycles. The number of aliphatic carboxylic acids is 1. The van der Waals surface area contributed by atoms with E-state index in [0.717, 1.165) is 12.1 Å². The maximum absolute atomic E-state index is 13.2. The van der Waals surface area contributed by atoms with Crippen LogP contribution >= 0.6 is 11.6 Å². The highest BCUT2D eigenvalue weighted by atomic mass is 35.5. The van der Waals surface area contributed by atoms with Crippen LogP contribution in [0.3, 0.4) is 0 Å². The van der Waals surface area contributed by atoms with E-state index in [1.54, 1.807) is 0 Å². The Morgan fingerprint density at radius 3 is 2.44 bits per heavy atom. The third-order valence-electron chi connectivity index (χ3n) is 2.77. The monoisotopic (exact) mass is 248 g/mol. The zero-order chi connectivity index (χ0) is 12.1. The van der Waals surface area contributed by atoms with E-state index in [1.807, 2.05) is 0 Å². The van der Waals surface area contributed by atoms with Gasteiger partial charge in [-0.2, -0.15) is 0 Å². The third-order valence-corrected chi connectivity index (χ3v) is 3.01. The Morgan fingerprint density at radius 1 is 1.44 bits per heavy atom. The number of benzene rings is 1. The number of aromatic hydroxyl groups is 1. The van der Waals surface area contributed by atoms with Crippen molar-refractivity contribution in [2.45, 2.75) is 17.8 Å². The number of hydrogen-bond acceptors (Lipinski definition) is 2. The largest absolute Gasteiger partial charge is 0.508 e. The number of carboxylic acids is 1. The van der Waals surface area contributed by atoms with Gasteiger partial charge in [0, 0.05) is 17.0 Å². The second-order valence-electron chi connectivity index (χ2n) is 3.75. The number of carboxylic acid groups (broad SMARTS) is 1. The average Bonchev–Trinajstić information content (AvgIpc) is 2.75. The van der Waals surface area contributed by atoms with Gasteiger partial charge in [-0.3, -0.25) is 4.79 Å². The lowest BCUT2D eigenvalue weighted by Crippen LogP contribution is -2.27. The van der Waals surface area contributed by atoms with Crippen molar-refractivity contribution in [3.8, 4) is 5.75 Å². The molecule has 2 rings (SSSR count). The number of rotatable bonds is 2. The van der Waals surface area contributed by atoms with Gasteiger partial charge in [0.2, 0.25) is 0 Å². The predicted octanol–water partition coefficient (Wildman–Crippen LogP) is 2.41. The van der Waals surface area contributed by atoms with E-state index in [1.165, 1.54) is 6.07 Å². The van der Waals surface area contributed by atoms with Gasteiger partial charge in [0.1, 0.15) is 5.75 Å². The lowest BCUT2D eigenvalue weighted by Gasteiger charge is -2.13. The lowest BCUT2D eigenvalue weighted by molar-refractivity contribution is -0.143. The van der Waals surface area contributed by atoms with Gasteiger partial charge in [-0.15, -0.1) is 0 Å². The molecule has 0 radical (unpaired) electrons. The Balaban J connectivity index is 2.59. The van der Waals surface area contributed by atoms with Crippen LogP contribution in [0, 0.1) is 0 Å². The summed E-state index contributed by atoms with van der Waals surface area (Å²) in [4.78, 5) is 10.9. The van der Waals surface area contributed by atoms with Crippen molar-refractivity contribution in [2.24, 2.45) is 0 Å². The van der Waals surface area contributed by atoms with Gasteiger partial charge in [0.15, 0.2) is 5.41 Å². The SMILES string of the molecule is O=C(O)C1(c2cc(Cl)ccc2O)CC1(F)F. The molecule has 0 heterocycles. The average molecular weight is 249 g/mol. The molecule has 0 bridgehead atoms. The van der Waals surface area contributed by atoms with Crippen molar-refractivity contribution < 1.29 is 23.8 Å². The fourth-order valence-corrected chi connectivity index (χ4v) is 1.95. The first-order valence-corrected chi connectivity index (χ1v) is 4.79. The molecule has 1 aromatic carbocycles. The minimum Gasteiger partial charge on any atom is -0.508 e. The summed E-state index contributed by atoms with van der Waals surface area (Å²) in [6, 6.07) is 3.47. The molecule has 1 saturated carbocycles. The molecule has 1 atom stereocenters. The van der Waals surface area contributed by atoms with Crippen LogP contribution in [0.4, 0.5) is 8.78 Å². The first-order valence-electron chi connectivity index (χ1n) is 4.41. The maximum atomic E-state index is 13.2. The molecule has 1 unspecified atom stereocenters. The summed E-state index contributed by atoms with van der Waals surface area (Å²) in [5.74, 6) is -5.49. The number of alkyl halides is 2. The number of hydrogen-bond donors (Lipinski definition) is 2. The van der Waals surface area contributed by atoms with E-state index >= 15 is 0 Å². The van der Waals surface area contributed by atoms with Crippen LogP contribution < -0.4 is 0 Å². The molecule has 2 N–H and O–H groups in total. The quantitative estimate of drug-likeness (QED) is 0.845. The lowest BCUT2D eigenvalue weighted by atomic mass is 9.94. The van der Waals surface area contributed by atoms with E-state index in [0.29, 0.717) is 0 Å². The fourth-order valence-electron chi connectivity index (χ4n) is 1.78. The topological polar surface area (TPSA) is 57.5 Å². The van der Waals surface area contributed by atoms with Gasteiger partial charge in [0.25, 0.3) is 5.92 Å². The first-order chi connectivity index (χ1) is 7.31.